The standard InChI is InChI=1S/C29H30BrNO4/c1-5-33-24-13-11-22(12-14-24)19-34-28(32)31(18-21-9-7-6-8-10-21)25-17-23-15-16-29(3,4)35-27(23)26(30)20(25)2/h6-17H,5,18-19H2,1-4H3. The molecule has 0 radical (unpaired) electrons. The Labute approximate surface area is 215 Å². The van der Waals surface area contributed by atoms with Gasteiger partial charge in [0.15, 0.2) is 0 Å². The molecule has 0 spiro atoms. The van der Waals surface area contributed by atoms with E-state index in [0.29, 0.717) is 13.2 Å². The zero-order chi connectivity index (χ0) is 25.0. The molecule has 0 N–H and O–H groups in total. The highest BCUT2D eigenvalue weighted by molar-refractivity contribution is 9.10. The molecular formula is C29H30BrNO4. The van der Waals surface area contributed by atoms with Gasteiger partial charge in [-0.1, -0.05) is 48.5 Å². The average Bonchev–Trinajstić information content (AvgIpc) is 2.85. The number of halogens is 1. The number of ether oxygens (including phenoxy) is 3. The normalized spacial score (nSPS) is 13.5. The molecule has 182 valence electrons. The van der Waals surface area contributed by atoms with Crippen molar-refractivity contribution in [1.29, 1.82) is 0 Å². The minimum Gasteiger partial charge on any atom is -0.494 e. The van der Waals surface area contributed by atoms with Gasteiger partial charge in [-0.25, -0.2) is 4.79 Å². The van der Waals surface area contributed by atoms with Gasteiger partial charge in [0, 0.05) is 5.56 Å². The quantitative estimate of drug-likeness (QED) is 0.311. The Balaban J connectivity index is 1.63. The summed E-state index contributed by atoms with van der Waals surface area (Å²) in [6.07, 6.45) is 3.64. The van der Waals surface area contributed by atoms with Crippen LogP contribution in [0.5, 0.6) is 11.5 Å². The Morgan fingerprint density at radius 2 is 1.77 bits per heavy atom. The van der Waals surface area contributed by atoms with Crippen molar-refractivity contribution in [3.05, 3.63) is 93.5 Å². The molecular weight excluding hydrogens is 506 g/mol. The molecule has 0 fully saturated rings. The minimum atomic E-state index is -0.418. The van der Waals surface area contributed by atoms with Crippen LogP contribution in [0.4, 0.5) is 10.5 Å². The SMILES string of the molecule is CCOc1ccc(COC(=O)N(Cc2ccccc2)c2cc3c(c(Br)c2C)OC(C)(C)C=C3)cc1. The van der Waals surface area contributed by atoms with Crippen LogP contribution in [0.25, 0.3) is 6.08 Å². The molecule has 1 aliphatic heterocycles. The van der Waals surface area contributed by atoms with Gasteiger partial charge in [0.25, 0.3) is 0 Å². The molecule has 0 bridgehead atoms. The Bertz CT molecular complexity index is 1220. The molecule has 1 heterocycles. The number of hydrogen-bond acceptors (Lipinski definition) is 4. The Hall–Kier alpha value is -3.25. The number of carbonyl (C=O) groups excluding carboxylic acids is 1. The van der Waals surface area contributed by atoms with E-state index in [0.717, 1.165) is 43.9 Å². The van der Waals surface area contributed by atoms with Crippen LogP contribution in [0.3, 0.4) is 0 Å². The number of carbonyl (C=O) groups is 1. The van der Waals surface area contributed by atoms with Crippen LogP contribution in [0.1, 0.15) is 43.0 Å². The molecule has 0 aliphatic carbocycles. The molecule has 0 saturated heterocycles. The van der Waals surface area contributed by atoms with Crippen LogP contribution in [0, 0.1) is 6.92 Å². The Kier molecular flexibility index (Phi) is 7.51. The first kappa shape index (κ1) is 24.9. The van der Waals surface area contributed by atoms with Crippen LogP contribution in [0.15, 0.2) is 71.2 Å². The maximum Gasteiger partial charge on any atom is 0.414 e. The van der Waals surface area contributed by atoms with Crippen LogP contribution in [-0.2, 0) is 17.9 Å². The second-order valence-electron chi connectivity index (χ2n) is 9.00. The molecule has 5 nitrogen and oxygen atoms in total. The Morgan fingerprint density at radius 1 is 1.06 bits per heavy atom. The van der Waals surface area contributed by atoms with Crippen LogP contribution in [0.2, 0.25) is 0 Å². The van der Waals surface area contributed by atoms with Crippen molar-refractivity contribution in [1.82, 2.24) is 0 Å². The summed E-state index contributed by atoms with van der Waals surface area (Å²) in [6, 6.07) is 19.5. The van der Waals surface area contributed by atoms with Crippen molar-refractivity contribution < 1.29 is 19.0 Å². The third kappa shape index (κ3) is 5.88. The predicted molar refractivity (Wildman–Crippen MR) is 143 cm³/mol. The van der Waals surface area contributed by atoms with Gasteiger partial charge in [0.1, 0.15) is 23.7 Å². The fourth-order valence-electron chi connectivity index (χ4n) is 3.91. The lowest BCUT2D eigenvalue weighted by Crippen LogP contribution is -2.32. The summed E-state index contributed by atoms with van der Waals surface area (Å²) in [6.45, 7) is 9.11. The van der Waals surface area contributed by atoms with Crippen LogP contribution in [-0.4, -0.2) is 18.3 Å². The first-order valence-electron chi connectivity index (χ1n) is 11.7. The molecule has 0 unspecified atom stereocenters. The summed E-state index contributed by atoms with van der Waals surface area (Å²) in [7, 11) is 0. The lowest BCUT2D eigenvalue weighted by atomic mass is 9.99. The van der Waals surface area contributed by atoms with Crippen molar-refractivity contribution >= 4 is 33.8 Å². The zero-order valence-corrected chi connectivity index (χ0v) is 22.1. The van der Waals surface area contributed by atoms with Crippen molar-refractivity contribution in [2.24, 2.45) is 0 Å². The van der Waals surface area contributed by atoms with Gasteiger partial charge in [0.2, 0.25) is 0 Å². The lowest BCUT2D eigenvalue weighted by Gasteiger charge is -2.31. The topological polar surface area (TPSA) is 48.0 Å². The van der Waals surface area contributed by atoms with E-state index in [1.54, 1.807) is 4.90 Å². The van der Waals surface area contributed by atoms with E-state index in [1.807, 2.05) is 101 Å². The van der Waals surface area contributed by atoms with E-state index in [4.69, 9.17) is 14.2 Å². The van der Waals surface area contributed by atoms with Gasteiger partial charge in [-0.2, -0.15) is 0 Å². The number of amides is 1. The number of rotatable bonds is 7. The fourth-order valence-corrected chi connectivity index (χ4v) is 4.42. The summed E-state index contributed by atoms with van der Waals surface area (Å²) in [5, 5.41) is 0. The van der Waals surface area contributed by atoms with Gasteiger partial charge >= 0.3 is 6.09 Å². The first-order chi connectivity index (χ1) is 16.8. The van der Waals surface area contributed by atoms with Crippen LogP contribution >= 0.6 is 15.9 Å². The highest BCUT2D eigenvalue weighted by Gasteiger charge is 2.28. The van der Waals surface area contributed by atoms with Crippen LogP contribution < -0.4 is 14.4 Å². The smallest absolute Gasteiger partial charge is 0.414 e. The van der Waals surface area contributed by atoms with Gasteiger partial charge in [0.05, 0.1) is 23.3 Å². The predicted octanol–water partition coefficient (Wildman–Crippen LogP) is 7.68. The Morgan fingerprint density at radius 3 is 2.46 bits per heavy atom. The third-order valence-electron chi connectivity index (χ3n) is 5.79. The molecule has 0 aromatic heterocycles. The van der Waals surface area contributed by atoms with E-state index in [9.17, 15) is 4.79 Å². The number of benzene rings is 3. The fraction of sp³-hybridized carbons (Fsp3) is 0.276. The minimum absolute atomic E-state index is 0.166. The van der Waals surface area contributed by atoms with E-state index in [-0.39, 0.29) is 6.61 Å². The second kappa shape index (κ2) is 10.6. The molecule has 35 heavy (non-hydrogen) atoms. The highest BCUT2D eigenvalue weighted by Crippen LogP contribution is 2.43. The number of hydrogen-bond donors (Lipinski definition) is 0. The number of anilines is 1. The monoisotopic (exact) mass is 535 g/mol. The van der Waals surface area contributed by atoms with Gasteiger partial charge < -0.3 is 14.2 Å². The largest absolute Gasteiger partial charge is 0.494 e. The lowest BCUT2D eigenvalue weighted by molar-refractivity contribution is 0.146. The van der Waals surface area contributed by atoms with Crippen molar-refractivity contribution in [2.45, 2.75) is 46.4 Å². The second-order valence-corrected chi connectivity index (χ2v) is 9.79. The first-order valence-corrected chi connectivity index (χ1v) is 12.5. The summed E-state index contributed by atoms with van der Waals surface area (Å²) < 4.78 is 18.3. The molecule has 1 aliphatic rings. The maximum absolute atomic E-state index is 13.4. The highest BCUT2D eigenvalue weighted by atomic mass is 79.9. The van der Waals surface area contributed by atoms with E-state index < -0.39 is 11.7 Å². The summed E-state index contributed by atoms with van der Waals surface area (Å²) >= 11 is 3.72. The van der Waals surface area contributed by atoms with Gasteiger partial charge in [-0.05, 0) is 84.6 Å². The van der Waals surface area contributed by atoms with Crippen molar-refractivity contribution in [2.75, 3.05) is 11.5 Å². The van der Waals surface area contributed by atoms with E-state index in [1.165, 1.54) is 0 Å². The molecule has 3 aromatic carbocycles. The molecule has 0 saturated carbocycles. The van der Waals surface area contributed by atoms with E-state index >= 15 is 0 Å². The van der Waals surface area contributed by atoms with Gasteiger partial charge in [-0.15, -0.1) is 0 Å². The summed E-state index contributed by atoms with van der Waals surface area (Å²) in [5.74, 6) is 1.57. The average molecular weight is 536 g/mol. The molecule has 6 heteroatoms. The van der Waals surface area contributed by atoms with Gasteiger partial charge in [-0.3, -0.25) is 4.90 Å². The summed E-state index contributed by atoms with van der Waals surface area (Å²) in [5.41, 5.74) is 4.08. The van der Waals surface area contributed by atoms with E-state index in [2.05, 4.69) is 15.9 Å². The maximum atomic E-state index is 13.4. The van der Waals surface area contributed by atoms with Crippen molar-refractivity contribution in [3.8, 4) is 11.5 Å². The number of nitrogens with zero attached hydrogens (tertiary/aromatic N) is 1. The zero-order valence-electron chi connectivity index (χ0n) is 20.5. The molecule has 4 rings (SSSR count). The molecule has 0 atom stereocenters. The van der Waals surface area contributed by atoms with Crippen molar-refractivity contribution in [3.63, 3.8) is 0 Å². The summed E-state index contributed by atoms with van der Waals surface area (Å²) in [4.78, 5) is 15.1. The molecule has 1 amide bonds. The molecule has 3 aromatic rings. The third-order valence-corrected chi connectivity index (χ3v) is 6.74. The number of fused-ring (bicyclic) bond motifs is 1.